The van der Waals surface area contributed by atoms with E-state index in [-0.39, 0.29) is 0 Å². The van der Waals surface area contributed by atoms with Gasteiger partial charge in [-0.2, -0.15) is 5.26 Å². The van der Waals surface area contributed by atoms with E-state index in [1.165, 1.54) is 11.3 Å². The van der Waals surface area contributed by atoms with E-state index in [0.717, 1.165) is 35.0 Å². The topological polar surface area (TPSA) is 44.0 Å². The Bertz CT molecular complexity index is 469. The first-order valence-corrected chi connectivity index (χ1v) is 8.49. The van der Waals surface area contributed by atoms with Crippen molar-refractivity contribution in [3.63, 3.8) is 0 Å². The largest absolute Gasteiger partial charge is 0.386 e. The fraction of sp³-hybridized carbons (Fsp3) is 0.667. The summed E-state index contributed by atoms with van der Waals surface area (Å²) in [5.74, 6) is 1.36. The van der Waals surface area contributed by atoms with Crippen molar-refractivity contribution in [2.75, 3.05) is 0 Å². The number of nitrogens with zero attached hydrogens (tertiary/aromatic N) is 1. The van der Waals surface area contributed by atoms with Crippen molar-refractivity contribution in [1.29, 1.82) is 5.26 Å². The molecule has 1 unspecified atom stereocenters. The molecule has 19 heavy (non-hydrogen) atoms. The van der Waals surface area contributed by atoms with Crippen molar-refractivity contribution in [2.24, 2.45) is 17.3 Å². The molecule has 0 amide bonds. The molecule has 0 bridgehead atoms. The minimum absolute atomic E-state index is 0.598. The number of hydrogen-bond acceptors (Lipinski definition) is 3. The van der Waals surface area contributed by atoms with Crippen LogP contribution >= 0.6 is 27.3 Å². The van der Waals surface area contributed by atoms with Gasteiger partial charge in [0.05, 0.1) is 11.5 Å². The van der Waals surface area contributed by atoms with Crippen LogP contribution in [0.1, 0.15) is 50.5 Å². The molecule has 0 radical (unpaired) electrons. The van der Waals surface area contributed by atoms with E-state index in [1.54, 1.807) is 0 Å². The maximum atomic E-state index is 10.6. The van der Waals surface area contributed by atoms with Gasteiger partial charge in [0.2, 0.25) is 0 Å². The lowest BCUT2D eigenvalue weighted by Crippen LogP contribution is -2.33. The zero-order valence-corrected chi connectivity index (χ0v) is 13.8. The molecule has 1 aromatic rings. The highest BCUT2D eigenvalue weighted by Crippen LogP contribution is 2.50. The smallest absolute Gasteiger partial charge is 0.108 e. The Kier molecular flexibility index (Phi) is 4.70. The standard InChI is InChI=1S/C15H20BrNOS/c1-10(2)11-3-6-15(9-17,7-4-11)14(18)13-12(16)5-8-19-13/h5,8,10-11,14,18H,3-4,6-7H2,1-2H3. The van der Waals surface area contributed by atoms with Crippen molar-refractivity contribution < 1.29 is 5.11 Å². The monoisotopic (exact) mass is 341 g/mol. The quantitative estimate of drug-likeness (QED) is 0.849. The fourth-order valence-corrected chi connectivity index (χ4v) is 4.71. The molecule has 1 N–H and O–H groups in total. The van der Waals surface area contributed by atoms with E-state index in [1.807, 2.05) is 11.4 Å². The predicted molar refractivity (Wildman–Crippen MR) is 81.8 cm³/mol. The van der Waals surface area contributed by atoms with Gasteiger partial charge in [-0.15, -0.1) is 11.3 Å². The lowest BCUT2D eigenvalue weighted by Gasteiger charge is -2.39. The molecule has 1 aromatic heterocycles. The highest BCUT2D eigenvalue weighted by atomic mass is 79.9. The van der Waals surface area contributed by atoms with Crippen LogP contribution in [0.15, 0.2) is 15.9 Å². The van der Waals surface area contributed by atoms with E-state index >= 15 is 0 Å². The zero-order chi connectivity index (χ0) is 14.0. The fourth-order valence-electron chi connectivity index (χ4n) is 3.02. The number of thiophene rings is 1. The highest BCUT2D eigenvalue weighted by Gasteiger charge is 2.43. The summed E-state index contributed by atoms with van der Waals surface area (Å²) >= 11 is 4.99. The van der Waals surface area contributed by atoms with Crippen LogP contribution in [0.4, 0.5) is 0 Å². The number of halogens is 1. The summed E-state index contributed by atoms with van der Waals surface area (Å²) < 4.78 is 0.922. The van der Waals surface area contributed by atoms with Crippen LogP contribution < -0.4 is 0 Å². The Morgan fingerprint density at radius 2 is 2.11 bits per heavy atom. The van der Waals surface area contributed by atoms with Gasteiger partial charge in [0.25, 0.3) is 0 Å². The Morgan fingerprint density at radius 3 is 2.53 bits per heavy atom. The van der Waals surface area contributed by atoms with Crippen LogP contribution in [0.25, 0.3) is 0 Å². The van der Waals surface area contributed by atoms with Crippen LogP contribution in [0, 0.1) is 28.6 Å². The first-order chi connectivity index (χ1) is 9.00. The molecular weight excluding hydrogens is 322 g/mol. The molecule has 0 saturated heterocycles. The summed E-state index contributed by atoms with van der Waals surface area (Å²) in [7, 11) is 0. The molecule has 1 heterocycles. The molecule has 4 heteroatoms. The minimum atomic E-state index is -0.667. The Morgan fingerprint density at radius 1 is 1.47 bits per heavy atom. The summed E-state index contributed by atoms with van der Waals surface area (Å²) in [6.45, 7) is 4.49. The van der Waals surface area contributed by atoms with Crippen molar-refractivity contribution in [3.05, 3.63) is 20.8 Å². The molecular formula is C15H20BrNOS. The second kappa shape index (κ2) is 5.95. The predicted octanol–water partition coefficient (Wildman–Crippen LogP) is 4.90. The van der Waals surface area contributed by atoms with Gasteiger partial charge in [0, 0.05) is 9.35 Å². The Balaban J connectivity index is 2.17. The van der Waals surface area contributed by atoms with Crippen LogP contribution in [0.5, 0.6) is 0 Å². The lowest BCUT2D eigenvalue weighted by molar-refractivity contribution is 0.0210. The molecule has 0 spiro atoms. The van der Waals surface area contributed by atoms with E-state index in [9.17, 15) is 10.4 Å². The highest BCUT2D eigenvalue weighted by molar-refractivity contribution is 9.10. The molecule has 1 aliphatic rings. The normalized spacial score (nSPS) is 29.2. The average Bonchev–Trinajstić information content (AvgIpc) is 2.84. The SMILES string of the molecule is CC(C)C1CCC(C#N)(C(O)c2sccc2Br)CC1. The lowest BCUT2D eigenvalue weighted by atomic mass is 9.66. The summed E-state index contributed by atoms with van der Waals surface area (Å²) in [4.78, 5) is 0.893. The number of aliphatic hydroxyl groups is 1. The molecule has 0 aromatic carbocycles. The van der Waals surface area contributed by atoms with Gasteiger partial charge in [0.15, 0.2) is 0 Å². The van der Waals surface area contributed by atoms with Crippen molar-refractivity contribution >= 4 is 27.3 Å². The molecule has 2 rings (SSSR count). The molecule has 104 valence electrons. The van der Waals surface area contributed by atoms with Crippen LogP contribution in [-0.4, -0.2) is 5.11 Å². The van der Waals surface area contributed by atoms with Crippen molar-refractivity contribution in [1.82, 2.24) is 0 Å². The van der Waals surface area contributed by atoms with Crippen molar-refractivity contribution in [3.8, 4) is 6.07 Å². The third kappa shape index (κ3) is 2.89. The molecule has 1 fully saturated rings. The van der Waals surface area contributed by atoms with E-state index in [4.69, 9.17) is 0 Å². The van der Waals surface area contributed by atoms with Crippen LogP contribution in [0.3, 0.4) is 0 Å². The van der Waals surface area contributed by atoms with Gasteiger partial charge in [0.1, 0.15) is 6.10 Å². The number of hydrogen-bond donors (Lipinski definition) is 1. The average molecular weight is 342 g/mol. The van der Waals surface area contributed by atoms with Gasteiger partial charge in [-0.25, -0.2) is 0 Å². The molecule has 1 aliphatic carbocycles. The number of nitriles is 1. The van der Waals surface area contributed by atoms with Gasteiger partial charge in [-0.3, -0.25) is 0 Å². The molecule has 0 aliphatic heterocycles. The summed E-state index contributed by atoms with van der Waals surface area (Å²) in [6.07, 6.45) is 3.03. The summed E-state index contributed by atoms with van der Waals surface area (Å²) in [5, 5.41) is 22.2. The first kappa shape index (κ1) is 15.0. The van der Waals surface area contributed by atoms with Gasteiger partial charge >= 0.3 is 0 Å². The van der Waals surface area contributed by atoms with E-state index in [0.29, 0.717) is 11.8 Å². The van der Waals surface area contributed by atoms with Gasteiger partial charge in [-0.1, -0.05) is 13.8 Å². The van der Waals surface area contributed by atoms with Crippen LogP contribution in [-0.2, 0) is 0 Å². The first-order valence-electron chi connectivity index (χ1n) is 6.82. The van der Waals surface area contributed by atoms with Gasteiger partial charge < -0.3 is 5.11 Å². The molecule has 1 saturated carbocycles. The third-order valence-electron chi connectivity index (χ3n) is 4.50. The second-order valence-electron chi connectivity index (χ2n) is 5.88. The zero-order valence-electron chi connectivity index (χ0n) is 11.4. The number of rotatable bonds is 3. The maximum absolute atomic E-state index is 10.6. The maximum Gasteiger partial charge on any atom is 0.108 e. The third-order valence-corrected chi connectivity index (χ3v) is 6.43. The second-order valence-corrected chi connectivity index (χ2v) is 7.69. The van der Waals surface area contributed by atoms with Gasteiger partial charge in [-0.05, 0) is 64.9 Å². The minimum Gasteiger partial charge on any atom is -0.386 e. The van der Waals surface area contributed by atoms with E-state index < -0.39 is 11.5 Å². The molecule has 2 nitrogen and oxygen atoms in total. The summed E-state index contributed by atoms with van der Waals surface area (Å²) in [5.41, 5.74) is -0.598. The number of aliphatic hydroxyl groups excluding tert-OH is 1. The van der Waals surface area contributed by atoms with Crippen molar-refractivity contribution in [2.45, 2.75) is 45.6 Å². The Labute approximate surface area is 127 Å². The summed E-state index contributed by atoms with van der Waals surface area (Å²) in [6, 6.07) is 4.37. The van der Waals surface area contributed by atoms with E-state index in [2.05, 4.69) is 35.8 Å². The molecule has 1 atom stereocenters. The van der Waals surface area contributed by atoms with Crippen LogP contribution in [0.2, 0.25) is 0 Å². The Hall–Kier alpha value is -0.370.